The minimum Gasteiger partial charge on any atom is -0.460 e. The van der Waals surface area contributed by atoms with E-state index in [-0.39, 0.29) is 91.4 Å². The molecule has 7 N–H and O–H groups in total. The van der Waals surface area contributed by atoms with Gasteiger partial charge in [0.2, 0.25) is 23.6 Å². The number of aromatic nitrogens is 10. The smallest absolute Gasteiger partial charge is 0.410 e. The molecule has 4 amide bonds. The summed E-state index contributed by atoms with van der Waals surface area (Å²) in [6.45, 7) is 17.0. The third-order valence-electron chi connectivity index (χ3n) is 27.5. The molecule has 5 fully saturated rings. The van der Waals surface area contributed by atoms with Gasteiger partial charge in [0.1, 0.15) is 53.4 Å². The van der Waals surface area contributed by atoms with Gasteiger partial charge in [-0.15, -0.1) is 0 Å². The number of fused-ring (bicyclic) bond motifs is 6. The fourth-order valence-electron chi connectivity index (χ4n) is 19.2. The average molecular weight is 1810 g/mol. The Morgan fingerprint density at radius 3 is 2.07 bits per heavy atom. The van der Waals surface area contributed by atoms with Crippen LogP contribution in [-0.2, 0) is 80.1 Å². The number of hydrogen-bond acceptors (Lipinski definition) is 30. The monoisotopic (exact) mass is 1810 g/mol. The van der Waals surface area contributed by atoms with Crippen molar-refractivity contribution in [2.75, 3.05) is 112 Å². The van der Waals surface area contributed by atoms with E-state index in [0.717, 1.165) is 44.6 Å². The molecule has 7 aliphatic heterocycles. The van der Waals surface area contributed by atoms with Crippen molar-refractivity contribution in [3.63, 3.8) is 0 Å². The maximum atomic E-state index is 14.7. The van der Waals surface area contributed by atoms with Crippen molar-refractivity contribution >= 4 is 93.4 Å². The Morgan fingerprint density at radius 2 is 1.34 bits per heavy atom. The fourth-order valence-corrected chi connectivity index (χ4v) is 19.2. The van der Waals surface area contributed by atoms with Gasteiger partial charge in [0, 0.05) is 203 Å². The summed E-state index contributed by atoms with van der Waals surface area (Å²) in [6, 6.07) is 8.76. The number of esters is 1. The zero-order valence-corrected chi connectivity index (χ0v) is 76.5. The predicted molar refractivity (Wildman–Crippen MR) is 492 cm³/mol. The van der Waals surface area contributed by atoms with Crippen LogP contribution in [0.5, 0.6) is 0 Å². The van der Waals surface area contributed by atoms with Crippen molar-refractivity contribution in [1.82, 2.24) is 69.4 Å². The van der Waals surface area contributed by atoms with Crippen LogP contribution in [0.1, 0.15) is 191 Å². The molecule has 13 atom stereocenters. The van der Waals surface area contributed by atoms with E-state index in [4.69, 9.17) is 44.8 Å². The molecule has 15 rings (SSSR count). The van der Waals surface area contributed by atoms with Gasteiger partial charge in [0.25, 0.3) is 23.5 Å². The molecular weight excluding hydrogens is 1690 g/mol. The molecule has 1 saturated carbocycles. The van der Waals surface area contributed by atoms with Crippen LogP contribution in [0.25, 0.3) is 11.0 Å². The van der Waals surface area contributed by atoms with Crippen LogP contribution < -0.4 is 25.8 Å². The zero-order chi connectivity index (χ0) is 93.0. The number of anilines is 5. The lowest BCUT2D eigenvalue weighted by molar-refractivity contribution is -0.265. The van der Waals surface area contributed by atoms with E-state index < -0.39 is 84.0 Å². The molecular formula is C97H122N20O15. The number of amides is 4. The van der Waals surface area contributed by atoms with Gasteiger partial charge in [-0.3, -0.25) is 34.2 Å². The van der Waals surface area contributed by atoms with Gasteiger partial charge in [-0.05, 0) is 143 Å². The minimum absolute atomic E-state index is 0.00344. The van der Waals surface area contributed by atoms with Crippen LogP contribution in [0, 0.1) is 35.0 Å². The van der Waals surface area contributed by atoms with Gasteiger partial charge in [0.15, 0.2) is 0 Å². The largest absolute Gasteiger partial charge is 0.460 e. The number of nitrogens with two attached hydrogens (primary N) is 1. The summed E-state index contributed by atoms with van der Waals surface area (Å²) in [5.74, 6) is -5.82. The molecule has 7 aromatic rings. The van der Waals surface area contributed by atoms with Crippen molar-refractivity contribution < 1.29 is 72.3 Å². The number of rotatable bonds is 16. The summed E-state index contributed by atoms with van der Waals surface area (Å²) in [7, 11) is 3.16. The molecule has 132 heavy (non-hydrogen) atoms. The van der Waals surface area contributed by atoms with Crippen molar-refractivity contribution in [3.05, 3.63) is 178 Å². The van der Waals surface area contributed by atoms with Crippen LogP contribution in [0.2, 0.25) is 0 Å². The summed E-state index contributed by atoms with van der Waals surface area (Å²) in [6.07, 6.45) is 25.5. The van der Waals surface area contributed by atoms with Gasteiger partial charge in [-0.1, -0.05) is 82.4 Å². The van der Waals surface area contributed by atoms with Gasteiger partial charge in [-0.25, -0.2) is 54.4 Å². The summed E-state index contributed by atoms with van der Waals surface area (Å²) in [5.41, 5.74) is 15.1. The molecule has 4 saturated heterocycles. The highest BCUT2D eigenvalue weighted by Crippen LogP contribution is 2.39. The quantitative estimate of drug-likeness (QED) is 0.0227. The first-order valence-corrected chi connectivity index (χ1v) is 46.4. The highest BCUT2D eigenvalue weighted by atomic mass is 16.6. The first-order chi connectivity index (χ1) is 63.6. The number of carbonyl (C=O) groups is 8. The molecule has 8 aliphatic rings. The van der Waals surface area contributed by atoms with E-state index in [1.807, 2.05) is 80.3 Å². The number of aliphatic hydroxyl groups excluding tert-OH is 1. The summed E-state index contributed by atoms with van der Waals surface area (Å²) in [4.78, 5) is 171. The van der Waals surface area contributed by atoms with Crippen molar-refractivity contribution in [1.29, 1.82) is 5.41 Å². The average Bonchev–Trinajstić information content (AvgIpc) is 0.829. The number of H-pyrrole nitrogens is 1. The number of piperidine rings is 1. The maximum Gasteiger partial charge on any atom is 0.410 e. The second-order valence-corrected chi connectivity index (χ2v) is 36.6. The number of ether oxygens (including phenoxy) is 5. The SMILES string of the molecule is CO[C@H]1CC2CC[C@@H](C)[C@@](O)(O2)C(=O)C(=O)N2CCCC[C@H]2C(=O)O[C@H](CC[C@@H]2CC[C@@H](OC(=O)N3CCc4nc(N5CCN(c6ncc(C(=O)N7CCN(c8ncc(C(=O)N9CCc%10cc(CNc%11ncnc(N)c%11C(=N)c%11cnc%12[nH]ccc%12c%11)ccc%10C9)cn8)CC7)cn6)CC5)ncc4C3)[C@H](OC)C2)CC(=O)[C@H](C)/C=C(\C)[C@@H](O)CC(=O)[C@H](C)C[C@H](C)/C=C/C=CC=C1C. The van der Waals surface area contributed by atoms with Gasteiger partial charge < -0.3 is 84.2 Å². The van der Waals surface area contributed by atoms with E-state index in [9.17, 15) is 48.6 Å². The molecule has 2 bridgehead atoms. The lowest BCUT2D eigenvalue weighted by Crippen LogP contribution is -2.60. The van der Waals surface area contributed by atoms with Crippen molar-refractivity contribution in [3.8, 4) is 0 Å². The number of allylic oxidation sites excluding steroid dienone is 6. The van der Waals surface area contributed by atoms with Gasteiger partial charge >= 0.3 is 12.1 Å². The first kappa shape index (κ1) is 94.5. The normalized spacial score (nSPS) is 26.7. The Morgan fingerprint density at radius 1 is 0.652 bits per heavy atom. The molecule has 35 heteroatoms. The first-order valence-electron chi connectivity index (χ1n) is 46.4. The number of nitrogens with one attached hydrogen (secondary N) is 3. The van der Waals surface area contributed by atoms with E-state index in [1.165, 1.54) is 11.2 Å². The second-order valence-electron chi connectivity index (χ2n) is 36.6. The minimum atomic E-state index is -2.48. The number of benzene rings is 1. The Balaban J connectivity index is 0.498. The Bertz CT molecular complexity index is 5500. The number of ketones is 3. The number of hydrogen-bond donors (Lipinski definition) is 6. The maximum absolute atomic E-state index is 14.7. The Kier molecular flexibility index (Phi) is 30.5. The van der Waals surface area contributed by atoms with Crippen LogP contribution in [0.4, 0.5) is 34.3 Å². The molecule has 0 spiro atoms. The number of nitrogen functional groups attached to an aromatic ring is 1. The summed E-state index contributed by atoms with van der Waals surface area (Å²) >= 11 is 0. The van der Waals surface area contributed by atoms with Crippen LogP contribution in [0.3, 0.4) is 0 Å². The third-order valence-corrected chi connectivity index (χ3v) is 27.5. The lowest BCUT2D eigenvalue weighted by Gasteiger charge is -2.42. The van der Waals surface area contributed by atoms with Crippen LogP contribution >= 0.6 is 0 Å². The predicted octanol–water partition coefficient (Wildman–Crippen LogP) is 9.65. The molecule has 0 radical (unpaired) electrons. The number of aromatic amines is 1. The summed E-state index contributed by atoms with van der Waals surface area (Å²) < 4.78 is 30.7. The van der Waals surface area contributed by atoms with Gasteiger partial charge in [0.05, 0.1) is 59.1 Å². The third kappa shape index (κ3) is 22.3. The van der Waals surface area contributed by atoms with Crippen LogP contribution in [0.15, 0.2) is 128 Å². The number of pyridine rings is 1. The number of cyclic esters (lactones) is 1. The zero-order valence-electron chi connectivity index (χ0n) is 76.5. The lowest BCUT2D eigenvalue weighted by atomic mass is 9.81. The molecule has 35 nitrogen and oxygen atoms in total. The van der Waals surface area contributed by atoms with Crippen molar-refractivity contribution in [2.24, 2.45) is 29.6 Å². The van der Waals surface area contributed by atoms with Crippen molar-refractivity contribution in [2.45, 2.75) is 212 Å². The topological polar surface area (TPSA) is 440 Å². The number of Topliss-reactive ketones (excluding diaryl/α,β-unsaturated/α-hetero) is 3. The molecule has 1 unspecified atom stereocenters. The fraction of sp³-hybridized carbons (Fsp3) is 0.526. The van der Waals surface area contributed by atoms with Crippen LogP contribution in [-0.4, -0.2) is 267 Å². The van der Waals surface area contributed by atoms with E-state index in [2.05, 4.69) is 61.1 Å². The standard InChI is InChI=1S/C97H122N20O15/c1-58-14-10-9-11-15-59(2)81(128-7)46-74-22-17-63(6)97(127,132-74)85(121)91(124)117-29-13-12-16-76(117)92(125)130-73(45-77(118)61(4)41-62(5)79(120)47-78(119)60(3)40-58)23-19-64-20-24-80(82(43-64)129-8)131-96(126)116-31-27-75-72(56-116)54-107-95(110-75)114-38-36-113(37-39-114)94-103-50-70(51-104-94)89(122)111-32-34-112(35-33-111)93-105-52-71(53-106-93)90(123)115-30-26-66-42-65(18-21-68(66)55-115)48-101-88-83(86(99)108-57-109-88)84(98)69-44-67-25-28-100-87(67)102-49-69/h9-11,14-15,18,21,25,28,41-42,44,49-54,57-58,60-61,63-64,73-74,76,79-82,98,120,127H,12-13,16-17,19-20,22-24,26-27,29-40,43,45-48,55-56H2,1-8H3,(H,100,102)(H3,99,101,108,109)/b11-9?,14-10+,59-15?,62-41+,98-84?/t58-,60-,61-,63-,64-,73-,74?,76+,79+,80-,81+,82-,97-/m1/s1. The van der Waals surface area contributed by atoms with E-state index in [0.29, 0.717) is 207 Å². The number of carbonyl (C=O) groups excluding carboxylic acids is 8. The highest BCUT2D eigenvalue weighted by Gasteiger charge is 2.53. The Hall–Kier alpha value is -12.2. The highest BCUT2D eigenvalue weighted by molar-refractivity contribution is 6.39. The molecule has 1 aliphatic carbocycles. The number of aliphatic hydroxyl groups is 2. The number of nitrogens with zero attached hydrogens (tertiary/aromatic N) is 16. The van der Waals surface area contributed by atoms with Gasteiger partial charge in [-0.2, -0.15) is 0 Å². The molecule has 13 heterocycles. The molecule has 1 aromatic carbocycles. The van der Waals surface area contributed by atoms with E-state index >= 15 is 0 Å². The number of piperazine rings is 2. The Labute approximate surface area is 768 Å². The number of methoxy groups -OCH3 is 2. The summed E-state index contributed by atoms with van der Waals surface area (Å²) in [5, 5.41) is 36.8. The van der Waals surface area contributed by atoms with E-state index in [1.54, 1.807) is 99.1 Å². The molecule has 6 aromatic heterocycles. The second kappa shape index (κ2) is 42.6. The molecule has 700 valence electrons.